The molecule has 0 heterocycles. The number of ether oxygens (including phenoxy) is 4. The smallest absolute Gasteiger partial charge is 0.462 e. The Labute approximate surface area is 619 Å². The van der Waals surface area contributed by atoms with E-state index in [0.717, 1.165) is 114 Å². The molecule has 0 saturated carbocycles. The van der Waals surface area contributed by atoms with E-state index in [2.05, 4.69) is 48.5 Å². The Morgan fingerprint density at radius 2 is 0.505 bits per heavy atom. The third-order valence-corrected chi connectivity index (χ3v) is 21.4. The summed E-state index contributed by atoms with van der Waals surface area (Å²) in [7, 11) is -9.92. The van der Waals surface area contributed by atoms with Crippen LogP contribution in [-0.4, -0.2) is 96.7 Å². The first kappa shape index (κ1) is 99.1. The van der Waals surface area contributed by atoms with Crippen molar-refractivity contribution in [2.75, 3.05) is 39.6 Å². The van der Waals surface area contributed by atoms with Gasteiger partial charge >= 0.3 is 39.5 Å². The van der Waals surface area contributed by atoms with Gasteiger partial charge in [0, 0.05) is 25.7 Å². The summed E-state index contributed by atoms with van der Waals surface area (Å²) in [5.74, 6) is 0.233. The molecule has 3 N–H and O–H groups in total. The van der Waals surface area contributed by atoms with Crippen molar-refractivity contribution in [3.63, 3.8) is 0 Å². The summed E-state index contributed by atoms with van der Waals surface area (Å²) in [6, 6.07) is 0. The number of rotatable bonds is 80. The summed E-state index contributed by atoms with van der Waals surface area (Å²) in [5, 5.41) is 10.6. The van der Waals surface area contributed by atoms with Crippen molar-refractivity contribution in [2.45, 2.75) is 446 Å². The largest absolute Gasteiger partial charge is 0.472 e. The monoisotopic (exact) mass is 1480 g/mol. The minimum atomic E-state index is -4.96. The highest BCUT2D eigenvalue weighted by Crippen LogP contribution is 2.45. The first-order valence-corrected chi connectivity index (χ1v) is 45.4. The quantitative estimate of drug-likeness (QED) is 0.0222. The Balaban J connectivity index is 5.23. The van der Waals surface area contributed by atoms with Gasteiger partial charge in [0.05, 0.1) is 26.4 Å². The lowest BCUT2D eigenvalue weighted by Crippen LogP contribution is -2.30. The van der Waals surface area contributed by atoms with Gasteiger partial charge < -0.3 is 33.8 Å². The zero-order valence-corrected chi connectivity index (χ0v) is 68.2. The van der Waals surface area contributed by atoms with Gasteiger partial charge in [0.2, 0.25) is 0 Å². The topological polar surface area (TPSA) is 237 Å². The van der Waals surface area contributed by atoms with E-state index in [-0.39, 0.29) is 25.7 Å². The summed E-state index contributed by atoms with van der Waals surface area (Å²) < 4.78 is 68.7. The van der Waals surface area contributed by atoms with E-state index in [4.69, 9.17) is 37.0 Å². The maximum Gasteiger partial charge on any atom is 0.472 e. The van der Waals surface area contributed by atoms with Gasteiger partial charge in [0.1, 0.15) is 19.3 Å². The van der Waals surface area contributed by atoms with Crippen molar-refractivity contribution in [3.05, 3.63) is 0 Å². The van der Waals surface area contributed by atoms with Crippen LogP contribution in [-0.2, 0) is 65.4 Å². The van der Waals surface area contributed by atoms with Crippen molar-refractivity contribution in [1.82, 2.24) is 0 Å². The standard InChI is InChI=1S/C82H160O17P2/c1-8-10-11-12-13-14-15-16-26-32-37-42-51-58-65-82(87)99-78(70-93-80(85)64-57-50-45-44-48-55-62-75(7)9-2)72-97-101(90,91)95-68-76(83)67-94-100(88,89)96-71-77(69-92-79(84)63-56-49-41-36-31-28-23-25-30-35-40-47-54-61-74(5)6)98-81(86)66-59-52-43-38-33-27-22-20-18-17-19-21-24-29-34-39-46-53-60-73(3)4/h73-78,83H,8-72H2,1-7H3,(H,88,89)(H,90,91)/t75?,76-,77-,78-/m1/s1. The molecule has 0 aromatic heterocycles. The lowest BCUT2D eigenvalue weighted by Gasteiger charge is -2.21. The Kier molecular flexibility index (Phi) is 70.9. The molecule has 0 saturated heterocycles. The fourth-order valence-corrected chi connectivity index (χ4v) is 14.2. The Morgan fingerprint density at radius 3 is 0.752 bits per heavy atom. The van der Waals surface area contributed by atoms with Crippen LogP contribution in [0.2, 0.25) is 0 Å². The van der Waals surface area contributed by atoms with Crippen LogP contribution < -0.4 is 0 Å². The molecule has 0 rings (SSSR count). The van der Waals surface area contributed by atoms with Crippen LogP contribution in [0, 0.1) is 17.8 Å². The second-order valence-electron chi connectivity index (χ2n) is 30.7. The van der Waals surface area contributed by atoms with Crippen molar-refractivity contribution >= 4 is 39.5 Å². The molecule has 0 bridgehead atoms. The van der Waals surface area contributed by atoms with Crippen LogP contribution in [0.5, 0.6) is 0 Å². The minimum absolute atomic E-state index is 0.107. The molecular formula is C82H160O17P2. The number of aliphatic hydroxyl groups is 1. The molecule has 101 heavy (non-hydrogen) atoms. The van der Waals surface area contributed by atoms with Crippen LogP contribution in [0.15, 0.2) is 0 Å². The molecule has 6 atom stereocenters. The van der Waals surface area contributed by atoms with E-state index >= 15 is 0 Å². The number of carbonyl (C=O) groups is 4. The average molecular weight is 1480 g/mol. The van der Waals surface area contributed by atoms with Crippen LogP contribution >= 0.6 is 15.6 Å². The van der Waals surface area contributed by atoms with E-state index in [1.807, 2.05) is 0 Å². The maximum atomic E-state index is 13.1. The zero-order chi connectivity index (χ0) is 74.4. The van der Waals surface area contributed by atoms with Gasteiger partial charge in [-0.05, 0) is 43.4 Å². The molecule has 600 valence electrons. The normalized spacial score (nSPS) is 14.2. The average Bonchev–Trinajstić information content (AvgIpc) is 0.922. The van der Waals surface area contributed by atoms with Crippen molar-refractivity contribution in [2.24, 2.45) is 17.8 Å². The van der Waals surface area contributed by atoms with Gasteiger partial charge in [0.15, 0.2) is 12.2 Å². The Morgan fingerprint density at radius 1 is 0.287 bits per heavy atom. The number of unbranched alkanes of at least 4 members (excludes halogenated alkanes) is 47. The molecule has 0 aliphatic rings. The molecule has 3 unspecified atom stereocenters. The number of aliphatic hydroxyl groups excluding tert-OH is 1. The molecule has 0 fully saturated rings. The van der Waals surface area contributed by atoms with Crippen LogP contribution in [0.4, 0.5) is 0 Å². The number of phosphoric acid groups is 2. The van der Waals surface area contributed by atoms with E-state index in [0.29, 0.717) is 25.7 Å². The molecular weight excluding hydrogens is 1320 g/mol. The van der Waals surface area contributed by atoms with E-state index < -0.39 is 97.5 Å². The summed E-state index contributed by atoms with van der Waals surface area (Å²) in [4.78, 5) is 73.0. The third-order valence-electron chi connectivity index (χ3n) is 19.5. The van der Waals surface area contributed by atoms with Crippen molar-refractivity contribution in [1.29, 1.82) is 0 Å². The third kappa shape index (κ3) is 74.7. The zero-order valence-electron chi connectivity index (χ0n) is 66.4. The predicted octanol–water partition coefficient (Wildman–Crippen LogP) is 24.5. The minimum Gasteiger partial charge on any atom is -0.462 e. The second-order valence-corrected chi connectivity index (χ2v) is 33.6. The van der Waals surface area contributed by atoms with Crippen LogP contribution in [0.25, 0.3) is 0 Å². The van der Waals surface area contributed by atoms with E-state index in [1.165, 1.54) is 231 Å². The summed E-state index contributed by atoms with van der Waals surface area (Å²) in [5.41, 5.74) is 0. The van der Waals surface area contributed by atoms with Gasteiger partial charge in [-0.3, -0.25) is 37.3 Å². The van der Waals surface area contributed by atoms with Crippen molar-refractivity contribution < 1.29 is 80.2 Å². The van der Waals surface area contributed by atoms with Crippen molar-refractivity contribution in [3.8, 4) is 0 Å². The molecule has 0 aromatic rings. The second kappa shape index (κ2) is 72.3. The fraction of sp³-hybridized carbons (Fsp3) is 0.951. The molecule has 17 nitrogen and oxygen atoms in total. The molecule has 0 radical (unpaired) electrons. The van der Waals surface area contributed by atoms with E-state index in [1.54, 1.807) is 0 Å². The molecule has 19 heteroatoms. The highest BCUT2D eigenvalue weighted by Gasteiger charge is 2.30. The number of carbonyl (C=O) groups excluding carboxylic acids is 4. The number of esters is 4. The van der Waals surface area contributed by atoms with Crippen LogP contribution in [0.3, 0.4) is 0 Å². The molecule has 0 aliphatic heterocycles. The number of hydrogen-bond acceptors (Lipinski definition) is 15. The molecule has 0 aromatic carbocycles. The van der Waals surface area contributed by atoms with Gasteiger partial charge in [-0.25, -0.2) is 9.13 Å². The lowest BCUT2D eigenvalue weighted by atomic mass is 10.00. The first-order valence-electron chi connectivity index (χ1n) is 42.4. The van der Waals surface area contributed by atoms with E-state index in [9.17, 15) is 43.2 Å². The summed E-state index contributed by atoms with van der Waals surface area (Å²) >= 11 is 0. The van der Waals surface area contributed by atoms with Gasteiger partial charge in [-0.15, -0.1) is 0 Å². The van der Waals surface area contributed by atoms with Gasteiger partial charge in [0.25, 0.3) is 0 Å². The molecule has 0 aliphatic carbocycles. The number of phosphoric ester groups is 2. The Hall–Kier alpha value is -1.94. The van der Waals surface area contributed by atoms with Gasteiger partial charge in [-0.1, -0.05) is 376 Å². The van der Waals surface area contributed by atoms with Crippen LogP contribution in [0.1, 0.15) is 427 Å². The predicted molar refractivity (Wildman–Crippen MR) is 414 cm³/mol. The summed E-state index contributed by atoms with van der Waals surface area (Å²) in [6.45, 7) is 12.0. The molecule has 0 spiro atoms. The molecule has 0 amide bonds. The van der Waals surface area contributed by atoms with Gasteiger partial charge in [-0.2, -0.15) is 0 Å². The highest BCUT2D eigenvalue weighted by molar-refractivity contribution is 7.47. The number of hydrogen-bond donors (Lipinski definition) is 3. The summed E-state index contributed by atoms with van der Waals surface area (Å²) in [6.07, 6.45) is 61.1. The first-order chi connectivity index (χ1) is 48.8. The maximum absolute atomic E-state index is 13.1. The highest BCUT2D eigenvalue weighted by atomic mass is 31.2. The lowest BCUT2D eigenvalue weighted by molar-refractivity contribution is -0.161. The Bertz CT molecular complexity index is 1960. The fourth-order valence-electron chi connectivity index (χ4n) is 12.6. The SMILES string of the molecule is CCCCCCCCCCCCCCCCC(=O)O[C@H](COC(=O)CCCCCCCCC(C)CC)COP(=O)(O)OC[C@H](O)COP(=O)(O)OC[C@@H](COC(=O)CCCCCCCCCCCCCCCC(C)C)OC(=O)CCCCCCCCCCCCCCCCCCCCC(C)C.